The molecule has 0 unspecified atom stereocenters. The summed E-state index contributed by atoms with van der Waals surface area (Å²) >= 11 is 0. The van der Waals surface area contributed by atoms with Crippen LogP contribution in [0.2, 0.25) is 0 Å². The maximum atomic E-state index is 12.1. The lowest BCUT2D eigenvalue weighted by Gasteiger charge is -2.67. The molecule has 2 heteroatoms. The molecule has 4 aliphatic carbocycles. The first-order valence-corrected chi connectivity index (χ1v) is 8.11. The molecule has 4 saturated carbocycles. The summed E-state index contributed by atoms with van der Waals surface area (Å²) in [5, 5.41) is 0. The second-order valence-corrected chi connectivity index (χ2v) is 8.49. The molecule has 0 amide bonds. The van der Waals surface area contributed by atoms with Crippen molar-refractivity contribution in [1.82, 2.24) is 0 Å². The first-order chi connectivity index (χ1) is 9.22. The molecule has 0 aromatic rings. The Labute approximate surface area is 123 Å². The molecule has 0 heterocycles. The Kier molecular flexibility index (Phi) is 2.91. The maximum Gasteiger partial charge on any atom is 0.333 e. The van der Waals surface area contributed by atoms with Gasteiger partial charge in [-0.2, -0.15) is 0 Å². The van der Waals surface area contributed by atoms with E-state index in [1.165, 1.54) is 32.1 Å². The number of hydrogen-bond donors (Lipinski definition) is 0. The Balaban J connectivity index is 1.94. The van der Waals surface area contributed by atoms with Crippen LogP contribution in [0.15, 0.2) is 12.2 Å². The van der Waals surface area contributed by atoms with Crippen LogP contribution in [0.4, 0.5) is 0 Å². The van der Waals surface area contributed by atoms with Gasteiger partial charge < -0.3 is 4.74 Å². The molecular weight excluding hydrogens is 248 g/mol. The molecule has 4 bridgehead atoms. The van der Waals surface area contributed by atoms with E-state index in [1.54, 1.807) is 6.92 Å². The molecule has 0 saturated heterocycles. The molecule has 0 aliphatic heterocycles. The van der Waals surface area contributed by atoms with Crippen LogP contribution >= 0.6 is 0 Å². The fraction of sp³-hybridized carbons (Fsp3) is 0.833. The summed E-state index contributed by atoms with van der Waals surface area (Å²) in [4.78, 5) is 12.1. The molecule has 0 radical (unpaired) electrons. The SMILES string of the molecule is C=C(C)C(=O)OC1(CC)C2CC3(C)CC1CC(C)(C2)C3. The van der Waals surface area contributed by atoms with Gasteiger partial charge >= 0.3 is 5.97 Å². The van der Waals surface area contributed by atoms with Crippen LogP contribution in [0.5, 0.6) is 0 Å². The van der Waals surface area contributed by atoms with E-state index in [2.05, 4.69) is 27.4 Å². The van der Waals surface area contributed by atoms with Gasteiger partial charge in [0.2, 0.25) is 0 Å². The quantitative estimate of drug-likeness (QED) is 0.561. The van der Waals surface area contributed by atoms with E-state index in [0.29, 0.717) is 28.2 Å². The van der Waals surface area contributed by atoms with Crippen LogP contribution in [-0.2, 0) is 9.53 Å². The minimum absolute atomic E-state index is 0.186. The lowest BCUT2D eigenvalue weighted by atomic mass is 9.40. The van der Waals surface area contributed by atoms with Crippen molar-refractivity contribution in [3.05, 3.63) is 12.2 Å². The lowest BCUT2D eigenvalue weighted by molar-refractivity contribution is -0.238. The predicted molar refractivity (Wildman–Crippen MR) is 80.2 cm³/mol. The van der Waals surface area contributed by atoms with Gasteiger partial charge in [0.05, 0.1) is 0 Å². The molecule has 0 N–H and O–H groups in total. The summed E-state index contributed by atoms with van der Waals surface area (Å²) in [7, 11) is 0. The highest BCUT2D eigenvalue weighted by molar-refractivity contribution is 5.87. The molecule has 2 nitrogen and oxygen atoms in total. The highest BCUT2D eigenvalue weighted by Gasteiger charge is 2.65. The number of carbonyl (C=O) groups is 1. The van der Waals surface area contributed by atoms with Crippen molar-refractivity contribution in [3.63, 3.8) is 0 Å². The summed E-state index contributed by atoms with van der Waals surface area (Å²) in [6, 6.07) is 0. The van der Waals surface area contributed by atoms with Crippen LogP contribution < -0.4 is 0 Å². The standard InChI is InChI=1S/C18H28O2/c1-6-18(20-15(19)12(2)3)13-7-16(4)8-14(18)10-17(5,9-13)11-16/h13-14H,2,6-11H2,1,3-5H3. The molecule has 20 heavy (non-hydrogen) atoms. The van der Waals surface area contributed by atoms with Crippen molar-refractivity contribution in [2.75, 3.05) is 0 Å². The van der Waals surface area contributed by atoms with E-state index in [1.807, 2.05) is 0 Å². The Hall–Kier alpha value is -0.790. The van der Waals surface area contributed by atoms with Crippen molar-refractivity contribution < 1.29 is 9.53 Å². The number of carbonyl (C=O) groups excluding carboxylic acids is 1. The molecule has 0 aromatic carbocycles. The van der Waals surface area contributed by atoms with Crippen LogP contribution in [0.25, 0.3) is 0 Å². The zero-order valence-corrected chi connectivity index (χ0v) is 13.4. The van der Waals surface area contributed by atoms with Crippen molar-refractivity contribution in [3.8, 4) is 0 Å². The number of ether oxygens (including phenoxy) is 1. The normalized spacial score (nSPS) is 49.2. The Bertz CT molecular complexity index is 426. The fourth-order valence-electron chi connectivity index (χ4n) is 6.11. The summed E-state index contributed by atoms with van der Waals surface area (Å²) < 4.78 is 6.08. The second-order valence-electron chi connectivity index (χ2n) is 8.49. The van der Waals surface area contributed by atoms with E-state index in [-0.39, 0.29) is 11.6 Å². The molecule has 4 aliphatic rings. The predicted octanol–water partition coefficient (Wildman–Crippen LogP) is 4.49. The first kappa shape index (κ1) is 14.2. The van der Waals surface area contributed by atoms with Gasteiger partial charge in [0.25, 0.3) is 0 Å². The van der Waals surface area contributed by atoms with Gasteiger partial charge in [-0.15, -0.1) is 0 Å². The minimum atomic E-state index is -0.213. The van der Waals surface area contributed by atoms with E-state index >= 15 is 0 Å². The smallest absolute Gasteiger partial charge is 0.333 e. The van der Waals surface area contributed by atoms with Crippen LogP contribution in [-0.4, -0.2) is 11.6 Å². The van der Waals surface area contributed by atoms with Crippen LogP contribution in [0, 0.1) is 22.7 Å². The molecule has 0 aromatic heterocycles. The Morgan fingerprint density at radius 1 is 1.15 bits per heavy atom. The monoisotopic (exact) mass is 276 g/mol. The van der Waals surface area contributed by atoms with Gasteiger partial charge in [-0.05, 0) is 56.3 Å². The summed E-state index contributed by atoms with van der Waals surface area (Å²) in [5.74, 6) is 0.911. The van der Waals surface area contributed by atoms with Crippen LogP contribution in [0.1, 0.15) is 66.2 Å². The Morgan fingerprint density at radius 2 is 1.60 bits per heavy atom. The zero-order chi connectivity index (χ0) is 14.8. The highest BCUT2D eigenvalue weighted by Crippen LogP contribution is 2.69. The van der Waals surface area contributed by atoms with Gasteiger partial charge in [-0.1, -0.05) is 27.4 Å². The summed E-state index contributed by atoms with van der Waals surface area (Å²) in [6.45, 7) is 12.6. The van der Waals surface area contributed by atoms with E-state index in [0.717, 1.165) is 6.42 Å². The fourth-order valence-corrected chi connectivity index (χ4v) is 6.11. The molecule has 4 fully saturated rings. The van der Waals surface area contributed by atoms with Gasteiger partial charge in [-0.3, -0.25) is 0 Å². The topological polar surface area (TPSA) is 26.3 Å². The third kappa shape index (κ3) is 1.87. The van der Waals surface area contributed by atoms with Gasteiger partial charge in [0.1, 0.15) is 5.60 Å². The first-order valence-electron chi connectivity index (χ1n) is 8.11. The largest absolute Gasteiger partial charge is 0.455 e. The third-order valence-electron chi connectivity index (χ3n) is 6.38. The second kappa shape index (κ2) is 4.11. The van der Waals surface area contributed by atoms with Gasteiger partial charge in [-0.25, -0.2) is 4.79 Å². The molecule has 0 atom stereocenters. The maximum absolute atomic E-state index is 12.1. The Morgan fingerprint density at radius 3 is 1.95 bits per heavy atom. The molecule has 0 spiro atoms. The highest BCUT2D eigenvalue weighted by atomic mass is 16.6. The van der Waals surface area contributed by atoms with E-state index in [9.17, 15) is 4.79 Å². The van der Waals surface area contributed by atoms with Gasteiger partial charge in [0.15, 0.2) is 0 Å². The van der Waals surface area contributed by atoms with Crippen LogP contribution in [0.3, 0.4) is 0 Å². The number of esters is 1. The molecular formula is C18H28O2. The minimum Gasteiger partial charge on any atom is -0.455 e. The summed E-state index contributed by atoms with van der Waals surface area (Å²) in [6.07, 6.45) is 7.24. The lowest BCUT2D eigenvalue weighted by Crippen LogP contribution is -2.64. The molecule has 4 rings (SSSR count). The number of rotatable bonds is 3. The third-order valence-corrected chi connectivity index (χ3v) is 6.38. The zero-order valence-electron chi connectivity index (χ0n) is 13.4. The van der Waals surface area contributed by atoms with Crippen molar-refractivity contribution in [2.24, 2.45) is 22.7 Å². The van der Waals surface area contributed by atoms with Gasteiger partial charge in [0, 0.05) is 17.4 Å². The number of hydrogen-bond acceptors (Lipinski definition) is 2. The van der Waals surface area contributed by atoms with Crippen molar-refractivity contribution >= 4 is 5.97 Å². The average Bonchev–Trinajstić information content (AvgIpc) is 2.30. The van der Waals surface area contributed by atoms with E-state index < -0.39 is 0 Å². The van der Waals surface area contributed by atoms with Crippen molar-refractivity contribution in [2.45, 2.75) is 71.8 Å². The molecule has 112 valence electrons. The van der Waals surface area contributed by atoms with Crippen molar-refractivity contribution in [1.29, 1.82) is 0 Å². The van der Waals surface area contributed by atoms with E-state index in [4.69, 9.17) is 4.74 Å². The average molecular weight is 276 g/mol. The summed E-state index contributed by atoms with van der Waals surface area (Å²) in [5.41, 5.74) is 1.28.